The van der Waals surface area contributed by atoms with Crippen molar-refractivity contribution in [3.05, 3.63) is 17.8 Å². The molecule has 0 aromatic carbocycles. The van der Waals surface area contributed by atoms with Gasteiger partial charge in [0.25, 0.3) is 5.91 Å². The fourth-order valence-electron chi connectivity index (χ4n) is 1.02. The first-order valence-corrected chi connectivity index (χ1v) is 6.31. The van der Waals surface area contributed by atoms with Crippen molar-refractivity contribution in [1.29, 1.82) is 0 Å². The third-order valence-corrected chi connectivity index (χ3v) is 3.35. The molecule has 1 amide bonds. The molecule has 0 fully saturated rings. The van der Waals surface area contributed by atoms with Crippen LogP contribution < -0.4 is 0 Å². The summed E-state index contributed by atoms with van der Waals surface area (Å²) in [4.78, 5) is 23.6. The summed E-state index contributed by atoms with van der Waals surface area (Å²) in [5, 5.41) is 17.0. The van der Waals surface area contributed by atoms with Crippen molar-refractivity contribution < 1.29 is 14.7 Å². The zero-order valence-corrected chi connectivity index (χ0v) is 11.3. The highest BCUT2D eigenvalue weighted by molar-refractivity contribution is 7.99. The number of amides is 1. The summed E-state index contributed by atoms with van der Waals surface area (Å²) in [6.45, 7) is 1.63. The van der Waals surface area contributed by atoms with E-state index in [1.165, 1.54) is 16.7 Å². The lowest BCUT2D eigenvalue weighted by Crippen LogP contribution is -2.23. The average Bonchev–Trinajstić information content (AvgIpc) is 2.35. The van der Waals surface area contributed by atoms with Gasteiger partial charge in [0.1, 0.15) is 5.03 Å². The second-order valence-corrected chi connectivity index (χ2v) is 5.05. The molecule has 1 aromatic heterocycles. The van der Waals surface area contributed by atoms with Gasteiger partial charge < -0.3 is 10.0 Å². The molecule has 0 spiro atoms. The first kappa shape index (κ1) is 14.4. The quantitative estimate of drug-likeness (QED) is 0.803. The molecule has 7 heteroatoms. The number of carboxylic acids is 1. The molecule has 98 valence electrons. The topological polar surface area (TPSA) is 83.4 Å². The first-order chi connectivity index (χ1) is 8.41. The summed E-state index contributed by atoms with van der Waals surface area (Å²) in [7, 11) is 3.28. The summed E-state index contributed by atoms with van der Waals surface area (Å²) >= 11 is 1.31. The minimum Gasteiger partial charge on any atom is -0.481 e. The van der Waals surface area contributed by atoms with Gasteiger partial charge in [-0.25, -0.2) is 0 Å². The molecule has 1 rings (SSSR count). The zero-order chi connectivity index (χ0) is 13.7. The third-order valence-electron chi connectivity index (χ3n) is 2.17. The van der Waals surface area contributed by atoms with E-state index in [1.807, 2.05) is 0 Å². The molecule has 1 N–H and O–H groups in total. The fraction of sp³-hybridized carbons (Fsp3) is 0.455. The van der Waals surface area contributed by atoms with E-state index < -0.39 is 11.9 Å². The Bertz CT molecular complexity index is 434. The first-order valence-electron chi connectivity index (χ1n) is 5.32. The second kappa shape index (κ2) is 6.34. The van der Waals surface area contributed by atoms with Crippen LogP contribution in [-0.2, 0) is 4.79 Å². The van der Waals surface area contributed by atoms with Gasteiger partial charge in [0.05, 0.1) is 5.92 Å². The molecular weight excluding hydrogens is 254 g/mol. The van der Waals surface area contributed by atoms with Crippen LogP contribution in [0, 0.1) is 5.92 Å². The molecule has 0 aliphatic carbocycles. The molecule has 0 aliphatic heterocycles. The number of hydrogen-bond donors (Lipinski definition) is 1. The van der Waals surface area contributed by atoms with Crippen molar-refractivity contribution in [3.8, 4) is 0 Å². The van der Waals surface area contributed by atoms with Crippen LogP contribution in [0.4, 0.5) is 0 Å². The van der Waals surface area contributed by atoms with E-state index in [-0.39, 0.29) is 11.6 Å². The van der Waals surface area contributed by atoms with E-state index in [0.29, 0.717) is 10.8 Å². The van der Waals surface area contributed by atoms with Gasteiger partial charge in [-0.05, 0) is 12.1 Å². The van der Waals surface area contributed by atoms with E-state index in [4.69, 9.17) is 5.11 Å². The SMILES string of the molecule is CC(CSc1ccc(C(=O)N(C)C)nn1)C(=O)O. The Hall–Kier alpha value is -1.63. The fourth-order valence-corrected chi connectivity index (χ4v) is 1.85. The number of aliphatic carboxylic acids is 1. The molecule has 1 aromatic rings. The number of aromatic nitrogens is 2. The Morgan fingerprint density at radius 3 is 2.50 bits per heavy atom. The van der Waals surface area contributed by atoms with Gasteiger partial charge in [-0.3, -0.25) is 9.59 Å². The van der Waals surface area contributed by atoms with Crippen LogP contribution in [0.15, 0.2) is 17.2 Å². The third kappa shape index (κ3) is 3.99. The number of nitrogens with zero attached hydrogens (tertiary/aromatic N) is 3. The normalized spacial score (nSPS) is 11.9. The highest BCUT2D eigenvalue weighted by Crippen LogP contribution is 2.18. The maximum Gasteiger partial charge on any atom is 0.307 e. The van der Waals surface area contributed by atoms with Crippen LogP contribution >= 0.6 is 11.8 Å². The summed E-state index contributed by atoms with van der Waals surface area (Å²) in [6.07, 6.45) is 0. The Morgan fingerprint density at radius 2 is 2.06 bits per heavy atom. The van der Waals surface area contributed by atoms with Gasteiger partial charge in [-0.1, -0.05) is 6.92 Å². The molecule has 6 nitrogen and oxygen atoms in total. The molecule has 0 saturated heterocycles. The lowest BCUT2D eigenvalue weighted by molar-refractivity contribution is -0.140. The van der Waals surface area contributed by atoms with Crippen LogP contribution in [0.2, 0.25) is 0 Å². The van der Waals surface area contributed by atoms with Gasteiger partial charge in [-0.15, -0.1) is 22.0 Å². The molecule has 18 heavy (non-hydrogen) atoms. The van der Waals surface area contributed by atoms with Crippen molar-refractivity contribution in [2.45, 2.75) is 11.9 Å². The Kier molecular flexibility index (Phi) is 5.08. The highest BCUT2D eigenvalue weighted by atomic mass is 32.2. The van der Waals surface area contributed by atoms with E-state index in [0.717, 1.165) is 0 Å². The van der Waals surface area contributed by atoms with Crippen LogP contribution in [0.1, 0.15) is 17.4 Å². The highest BCUT2D eigenvalue weighted by Gasteiger charge is 2.13. The van der Waals surface area contributed by atoms with Crippen LogP contribution in [0.3, 0.4) is 0 Å². The molecule has 0 saturated carbocycles. The van der Waals surface area contributed by atoms with Crippen LogP contribution in [0.25, 0.3) is 0 Å². The van der Waals surface area contributed by atoms with Gasteiger partial charge >= 0.3 is 5.97 Å². The van der Waals surface area contributed by atoms with Gasteiger partial charge in [0, 0.05) is 19.8 Å². The Labute approximate surface area is 109 Å². The zero-order valence-electron chi connectivity index (χ0n) is 10.5. The maximum absolute atomic E-state index is 11.6. The Balaban J connectivity index is 2.61. The number of rotatable bonds is 5. The standard InChI is InChI=1S/C11H15N3O3S/c1-7(11(16)17)6-18-9-5-4-8(12-13-9)10(15)14(2)3/h4-5,7H,6H2,1-3H3,(H,16,17). The van der Waals surface area contributed by atoms with E-state index in [9.17, 15) is 9.59 Å². The number of carboxylic acid groups (broad SMARTS) is 1. The van der Waals surface area contributed by atoms with Crippen molar-refractivity contribution in [2.24, 2.45) is 5.92 Å². The summed E-state index contributed by atoms with van der Waals surface area (Å²) in [6, 6.07) is 3.26. The predicted molar refractivity (Wildman–Crippen MR) is 67.6 cm³/mol. The molecule has 1 unspecified atom stereocenters. The molecule has 0 bridgehead atoms. The maximum atomic E-state index is 11.6. The van der Waals surface area contributed by atoms with Gasteiger partial charge in [-0.2, -0.15) is 0 Å². The summed E-state index contributed by atoms with van der Waals surface area (Å²) in [5.41, 5.74) is 0.274. The molecule has 1 atom stereocenters. The lowest BCUT2D eigenvalue weighted by atomic mass is 10.2. The van der Waals surface area contributed by atoms with E-state index in [1.54, 1.807) is 33.2 Å². The number of carbonyl (C=O) groups excluding carboxylic acids is 1. The number of thioether (sulfide) groups is 1. The second-order valence-electron chi connectivity index (χ2n) is 4.01. The molecule has 0 radical (unpaired) electrons. The van der Waals surface area contributed by atoms with Gasteiger partial charge in [0.2, 0.25) is 0 Å². The largest absolute Gasteiger partial charge is 0.481 e. The lowest BCUT2D eigenvalue weighted by Gasteiger charge is -2.09. The van der Waals surface area contributed by atoms with E-state index in [2.05, 4.69) is 10.2 Å². The number of hydrogen-bond acceptors (Lipinski definition) is 5. The van der Waals surface area contributed by atoms with Gasteiger partial charge in [0.15, 0.2) is 5.69 Å². The minimum atomic E-state index is -0.838. The van der Waals surface area contributed by atoms with Crippen molar-refractivity contribution in [2.75, 3.05) is 19.8 Å². The smallest absolute Gasteiger partial charge is 0.307 e. The summed E-state index contributed by atoms with van der Waals surface area (Å²) < 4.78 is 0. The summed E-state index contributed by atoms with van der Waals surface area (Å²) in [5.74, 6) is -1.07. The van der Waals surface area contributed by atoms with Crippen molar-refractivity contribution in [1.82, 2.24) is 15.1 Å². The molecular formula is C11H15N3O3S. The van der Waals surface area contributed by atoms with Crippen LogP contribution in [-0.4, -0.2) is 51.9 Å². The molecule has 1 heterocycles. The minimum absolute atomic E-state index is 0.210. The van der Waals surface area contributed by atoms with E-state index >= 15 is 0 Å². The monoisotopic (exact) mass is 269 g/mol. The van der Waals surface area contributed by atoms with Crippen LogP contribution in [0.5, 0.6) is 0 Å². The van der Waals surface area contributed by atoms with Crippen molar-refractivity contribution in [3.63, 3.8) is 0 Å². The van der Waals surface area contributed by atoms with Crippen molar-refractivity contribution >= 4 is 23.6 Å². The average molecular weight is 269 g/mol. The predicted octanol–water partition coefficient (Wildman–Crippen LogP) is 0.991. The number of carbonyl (C=O) groups is 2. The molecule has 0 aliphatic rings. The Morgan fingerprint density at radius 1 is 1.39 bits per heavy atom.